The summed E-state index contributed by atoms with van der Waals surface area (Å²) in [5.41, 5.74) is 1.11. The lowest BCUT2D eigenvalue weighted by Crippen LogP contribution is -2.32. The van der Waals surface area contributed by atoms with Crippen LogP contribution in [0.2, 0.25) is 0 Å². The Morgan fingerprint density at radius 1 is 1.21 bits per heavy atom. The van der Waals surface area contributed by atoms with E-state index in [4.69, 9.17) is 4.42 Å². The summed E-state index contributed by atoms with van der Waals surface area (Å²) < 4.78 is 5.40. The predicted octanol–water partition coefficient (Wildman–Crippen LogP) is 3.63. The van der Waals surface area contributed by atoms with Gasteiger partial charge in [-0.1, -0.05) is 46.3 Å². The number of rotatable bonds is 5. The minimum absolute atomic E-state index is 0.0728. The molecule has 1 aromatic carbocycles. The van der Waals surface area contributed by atoms with Crippen molar-refractivity contribution in [2.24, 2.45) is 0 Å². The van der Waals surface area contributed by atoms with Gasteiger partial charge in [-0.2, -0.15) is 0 Å². The van der Waals surface area contributed by atoms with Gasteiger partial charge in [0.2, 0.25) is 0 Å². The van der Waals surface area contributed by atoms with Crippen molar-refractivity contribution in [2.45, 2.75) is 13.5 Å². The van der Waals surface area contributed by atoms with E-state index in [9.17, 15) is 4.79 Å². The summed E-state index contributed by atoms with van der Waals surface area (Å²) in [6.07, 6.45) is 0. The lowest BCUT2D eigenvalue weighted by atomic mass is 10.2. The Balaban J connectivity index is 2.13. The van der Waals surface area contributed by atoms with E-state index in [1.165, 1.54) is 0 Å². The molecule has 19 heavy (non-hydrogen) atoms. The molecular formula is C15H16BrNO2. The molecule has 0 atom stereocenters. The fourth-order valence-electron chi connectivity index (χ4n) is 1.86. The van der Waals surface area contributed by atoms with Gasteiger partial charge in [0.15, 0.2) is 5.76 Å². The lowest BCUT2D eigenvalue weighted by molar-refractivity contribution is 0.0721. The highest BCUT2D eigenvalue weighted by molar-refractivity contribution is 9.09. The Hall–Kier alpha value is -1.55. The van der Waals surface area contributed by atoms with Crippen LogP contribution in [0, 0.1) is 6.92 Å². The van der Waals surface area contributed by atoms with Crippen molar-refractivity contribution in [1.82, 2.24) is 4.90 Å². The summed E-state index contributed by atoms with van der Waals surface area (Å²) in [6.45, 7) is 3.07. The highest BCUT2D eigenvalue weighted by atomic mass is 79.9. The van der Waals surface area contributed by atoms with E-state index in [0.29, 0.717) is 18.8 Å². The zero-order valence-electron chi connectivity index (χ0n) is 10.8. The highest BCUT2D eigenvalue weighted by Gasteiger charge is 2.18. The van der Waals surface area contributed by atoms with Crippen molar-refractivity contribution in [1.29, 1.82) is 0 Å². The number of hydrogen-bond acceptors (Lipinski definition) is 2. The third-order valence-corrected chi connectivity index (χ3v) is 3.16. The second-order valence-corrected chi connectivity index (χ2v) is 5.10. The van der Waals surface area contributed by atoms with Crippen molar-refractivity contribution >= 4 is 21.8 Å². The minimum atomic E-state index is -0.0728. The van der Waals surface area contributed by atoms with Crippen LogP contribution in [0.1, 0.15) is 21.9 Å². The van der Waals surface area contributed by atoms with Crippen LogP contribution in [-0.2, 0) is 6.54 Å². The first-order valence-corrected chi connectivity index (χ1v) is 7.28. The molecule has 0 N–H and O–H groups in total. The summed E-state index contributed by atoms with van der Waals surface area (Å²) in [4.78, 5) is 14.1. The quantitative estimate of drug-likeness (QED) is 0.788. The normalized spacial score (nSPS) is 10.4. The van der Waals surface area contributed by atoms with Crippen molar-refractivity contribution in [2.75, 3.05) is 11.9 Å². The predicted molar refractivity (Wildman–Crippen MR) is 78.4 cm³/mol. The van der Waals surface area contributed by atoms with Crippen LogP contribution >= 0.6 is 15.9 Å². The van der Waals surface area contributed by atoms with Crippen molar-refractivity contribution in [3.05, 3.63) is 59.5 Å². The number of benzene rings is 1. The Morgan fingerprint density at radius 2 is 1.95 bits per heavy atom. The van der Waals surface area contributed by atoms with Crippen LogP contribution in [0.3, 0.4) is 0 Å². The first-order chi connectivity index (χ1) is 9.20. The van der Waals surface area contributed by atoms with Gasteiger partial charge in [0, 0.05) is 18.4 Å². The fraction of sp³-hybridized carbons (Fsp3) is 0.267. The van der Waals surface area contributed by atoms with Crippen LogP contribution in [0.4, 0.5) is 0 Å². The zero-order valence-corrected chi connectivity index (χ0v) is 12.4. The molecule has 0 unspecified atom stereocenters. The Labute approximate surface area is 121 Å². The molecule has 1 aromatic heterocycles. The van der Waals surface area contributed by atoms with Gasteiger partial charge in [-0.15, -0.1) is 0 Å². The molecular weight excluding hydrogens is 306 g/mol. The Morgan fingerprint density at radius 3 is 2.53 bits per heavy atom. The third kappa shape index (κ3) is 3.70. The SMILES string of the molecule is Cc1ccc(C(=O)N(CCBr)Cc2ccccc2)o1. The minimum Gasteiger partial charge on any atom is -0.456 e. The molecule has 0 spiro atoms. The van der Waals surface area contributed by atoms with Crippen LogP contribution in [0.5, 0.6) is 0 Å². The zero-order chi connectivity index (χ0) is 13.7. The van der Waals surface area contributed by atoms with E-state index in [0.717, 1.165) is 16.7 Å². The number of nitrogens with zero attached hydrogens (tertiary/aromatic N) is 1. The largest absolute Gasteiger partial charge is 0.456 e. The first kappa shape index (κ1) is 13.9. The standard InChI is InChI=1S/C15H16BrNO2/c1-12-7-8-14(19-12)15(18)17(10-9-16)11-13-5-3-2-4-6-13/h2-8H,9-11H2,1H3. The van der Waals surface area contributed by atoms with E-state index in [2.05, 4.69) is 15.9 Å². The van der Waals surface area contributed by atoms with Gasteiger partial charge >= 0.3 is 0 Å². The number of furan rings is 1. The summed E-state index contributed by atoms with van der Waals surface area (Å²) in [6, 6.07) is 13.5. The molecule has 3 nitrogen and oxygen atoms in total. The van der Waals surface area contributed by atoms with Crippen LogP contribution < -0.4 is 0 Å². The maximum absolute atomic E-state index is 12.4. The Kier molecular flexibility index (Phi) is 4.80. The number of aryl methyl sites for hydroxylation is 1. The van der Waals surface area contributed by atoms with Crippen LogP contribution in [-0.4, -0.2) is 22.7 Å². The van der Waals surface area contributed by atoms with E-state index in [1.54, 1.807) is 11.0 Å². The average molecular weight is 322 g/mol. The molecule has 0 aliphatic carbocycles. The molecule has 1 heterocycles. The number of hydrogen-bond donors (Lipinski definition) is 0. The molecule has 0 saturated carbocycles. The maximum Gasteiger partial charge on any atom is 0.289 e. The monoisotopic (exact) mass is 321 g/mol. The fourth-order valence-corrected chi connectivity index (χ4v) is 2.29. The summed E-state index contributed by atoms with van der Waals surface area (Å²) in [5.74, 6) is 1.08. The molecule has 0 aliphatic rings. The second-order valence-electron chi connectivity index (χ2n) is 4.31. The van der Waals surface area contributed by atoms with Gasteiger partial charge in [-0.25, -0.2) is 0 Å². The van der Waals surface area contributed by atoms with E-state index in [-0.39, 0.29) is 5.91 Å². The summed E-state index contributed by atoms with van der Waals surface area (Å²) in [5, 5.41) is 0.741. The van der Waals surface area contributed by atoms with Gasteiger partial charge in [-0.05, 0) is 24.6 Å². The lowest BCUT2D eigenvalue weighted by Gasteiger charge is -2.20. The van der Waals surface area contributed by atoms with Gasteiger partial charge < -0.3 is 9.32 Å². The second kappa shape index (κ2) is 6.57. The van der Waals surface area contributed by atoms with Gasteiger partial charge in [0.25, 0.3) is 5.91 Å². The smallest absolute Gasteiger partial charge is 0.289 e. The number of halogens is 1. The van der Waals surface area contributed by atoms with Crippen LogP contribution in [0.15, 0.2) is 46.9 Å². The maximum atomic E-state index is 12.4. The van der Waals surface area contributed by atoms with Crippen molar-refractivity contribution in [3.63, 3.8) is 0 Å². The number of alkyl halides is 1. The van der Waals surface area contributed by atoms with Crippen molar-refractivity contribution in [3.8, 4) is 0 Å². The van der Waals surface area contributed by atoms with Gasteiger partial charge in [0.05, 0.1) is 0 Å². The first-order valence-electron chi connectivity index (χ1n) is 6.16. The van der Waals surface area contributed by atoms with E-state index in [1.807, 2.05) is 43.3 Å². The molecule has 100 valence electrons. The highest BCUT2D eigenvalue weighted by Crippen LogP contribution is 2.13. The molecule has 2 rings (SSSR count). The van der Waals surface area contributed by atoms with Gasteiger partial charge in [-0.3, -0.25) is 4.79 Å². The number of carbonyl (C=O) groups is 1. The molecule has 0 saturated heterocycles. The molecule has 0 fully saturated rings. The molecule has 4 heteroatoms. The Bertz CT molecular complexity index is 536. The van der Waals surface area contributed by atoms with Crippen LogP contribution in [0.25, 0.3) is 0 Å². The average Bonchev–Trinajstić information content (AvgIpc) is 2.85. The van der Waals surface area contributed by atoms with Gasteiger partial charge in [0.1, 0.15) is 5.76 Å². The molecule has 1 amide bonds. The molecule has 2 aromatic rings. The molecule has 0 radical (unpaired) electrons. The third-order valence-electron chi connectivity index (χ3n) is 2.81. The molecule has 0 bridgehead atoms. The topological polar surface area (TPSA) is 33.5 Å². The van der Waals surface area contributed by atoms with Crippen molar-refractivity contribution < 1.29 is 9.21 Å². The number of amides is 1. The number of carbonyl (C=O) groups excluding carboxylic acids is 1. The molecule has 0 aliphatic heterocycles. The summed E-state index contributed by atoms with van der Waals surface area (Å²) >= 11 is 3.38. The summed E-state index contributed by atoms with van der Waals surface area (Å²) in [7, 11) is 0. The van der Waals surface area contributed by atoms with E-state index < -0.39 is 0 Å². The van der Waals surface area contributed by atoms with E-state index >= 15 is 0 Å².